The van der Waals surface area contributed by atoms with Gasteiger partial charge in [0.05, 0.1) is 6.42 Å². The Morgan fingerprint density at radius 2 is 1.88 bits per heavy atom. The van der Waals surface area contributed by atoms with Crippen molar-refractivity contribution in [3.8, 4) is 0 Å². The molecule has 0 aliphatic rings. The summed E-state index contributed by atoms with van der Waals surface area (Å²) in [7, 11) is -3.60. The van der Waals surface area contributed by atoms with Crippen LogP contribution in [0, 0.1) is 0 Å². The lowest BCUT2D eigenvalue weighted by atomic mass is 10.1. The van der Waals surface area contributed by atoms with Crippen LogP contribution in [-0.2, 0) is 26.0 Å². The Hall–Kier alpha value is -2.03. The molecule has 2 rings (SSSR count). The summed E-state index contributed by atoms with van der Waals surface area (Å²) in [5.74, 6) is -0.928. The molecule has 134 valence electrons. The van der Waals surface area contributed by atoms with Gasteiger partial charge in [0.25, 0.3) is 0 Å². The van der Waals surface area contributed by atoms with Gasteiger partial charge in [0.2, 0.25) is 10.0 Å². The third kappa shape index (κ3) is 5.77. The van der Waals surface area contributed by atoms with E-state index in [1.807, 2.05) is 19.1 Å². The Morgan fingerprint density at radius 3 is 2.48 bits per heavy atom. The molecule has 0 spiro atoms. The van der Waals surface area contributed by atoms with Crippen molar-refractivity contribution in [2.24, 2.45) is 0 Å². The van der Waals surface area contributed by atoms with Crippen molar-refractivity contribution in [3.05, 3.63) is 52.9 Å². The summed E-state index contributed by atoms with van der Waals surface area (Å²) in [5, 5.41) is 1.65. The maximum absolute atomic E-state index is 11.9. The van der Waals surface area contributed by atoms with Gasteiger partial charge in [-0.3, -0.25) is 9.59 Å². The minimum Gasteiger partial charge on any atom is -0.457 e. The highest BCUT2D eigenvalue weighted by molar-refractivity contribution is 7.91. The maximum Gasteiger partial charge on any atom is 0.307 e. The predicted molar refractivity (Wildman–Crippen MR) is 95.2 cm³/mol. The maximum atomic E-state index is 11.9. The van der Waals surface area contributed by atoms with Crippen LogP contribution in [-0.4, -0.2) is 33.3 Å². The fourth-order valence-corrected chi connectivity index (χ4v) is 4.07. The molecule has 0 unspecified atom stereocenters. The first-order valence-electron chi connectivity index (χ1n) is 7.73. The molecule has 0 aliphatic heterocycles. The number of hydrogen-bond acceptors (Lipinski definition) is 6. The Kier molecular flexibility index (Phi) is 6.86. The van der Waals surface area contributed by atoms with E-state index in [4.69, 9.17) is 4.74 Å². The number of hydrogen-bond donors (Lipinski definition) is 1. The number of esters is 1. The Balaban J connectivity index is 1.74. The highest BCUT2D eigenvalue weighted by Gasteiger charge is 2.16. The summed E-state index contributed by atoms with van der Waals surface area (Å²) < 4.78 is 31.1. The van der Waals surface area contributed by atoms with E-state index in [-0.39, 0.29) is 29.6 Å². The lowest BCUT2D eigenvalue weighted by molar-refractivity contribution is -0.142. The summed E-state index contributed by atoms with van der Waals surface area (Å²) >= 11 is 1.09. The first kappa shape index (κ1) is 19.3. The van der Waals surface area contributed by atoms with Crippen LogP contribution < -0.4 is 4.72 Å². The van der Waals surface area contributed by atoms with Gasteiger partial charge in [-0.1, -0.05) is 37.3 Å². The number of ketones is 1. The Labute approximate surface area is 150 Å². The van der Waals surface area contributed by atoms with Crippen LogP contribution in [0.5, 0.6) is 0 Å². The van der Waals surface area contributed by atoms with Crippen molar-refractivity contribution >= 4 is 33.1 Å². The number of carbonyl (C=O) groups is 2. The highest BCUT2D eigenvalue weighted by Crippen LogP contribution is 2.15. The minimum absolute atomic E-state index is 0.0849. The van der Waals surface area contributed by atoms with Crippen LogP contribution in [0.4, 0.5) is 0 Å². The molecule has 6 nitrogen and oxygen atoms in total. The number of Topliss-reactive ketones (excluding diaryl/α,β-unsaturated/α-hetero) is 1. The van der Waals surface area contributed by atoms with Gasteiger partial charge in [0.1, 0.15) is 4.21 Å². The molecule has 0 amide bonds. The molecular formula is C17H19NO5S2. The standard InChI is InChI=1S/C17H19NO5S2/c1-2-13-5-7-14(8-6-13)15(19)12-23-16(20)9-10-18-25(21,22)17-4-3-11-24-17/h3-8,11,18H,2,9-10,12H2,1H3. The van der Waals surface area contributed by atoms with Gasteiger partial charge in [-0.15, -0.1) is 11.3 Å². The van der Waals surface area contributed by atoms with Gasteiger partial charge >= 0.3 is 5.97 Å². The summed E-state index contributed by atoms with van der Waals surface area (Å²) in [6.07, 6.45) is 0.734. The molecule has 0 aliphatic carbocycles. The fourth-order valence-electron chi connectivity index (χ4n) is 2.00. The van der Waals surface area contributed by atoms with E-state index in [1.54, 1.807) is 23.6 Å². The smallest absolute Gasteiger partial charge is 0.307 e. The van der Waals surface area contributed by atoms with Crippen molar-refractivity contribution in [1.82, 2.24) is 4.72 Å². The molecule has 0 saturated carbocycles. The molecular weight excluding hydrogens is 362 g/mol. The fraction of sp³-hybridized carbons (Fsp3) is 0.294. The molecule has 1 aromatic heterocycles. The number of carbonyl (C=O) groups excluding carboxylic acids is 2. The van der Waals surface area contributed by atoms with Crippen molar-refractivity contribution in [1.29, 1.82) is 0 Å². The van der Waals surface area contributed by atoms with E-state index in [1.165, 1.54) is 6.07 Å². The van der Waals surface area contributed by atoms with Crippen molar-refractivity contribution in [2.75, 3.05) is 13.2 Å². The molecule has 1 heterocycles. The van der Waals surface area contributed by atoms with Gasteiger partial charge in [-0.25, -0.2) is 13.1 Å². The number of sulfonamides is 1. The van der Waals surface area contributed by atoms with E-state index in [0.717, 1.165) is 23.3 Å². The first-order valence-corrected chi connectivity index (χ1v) is 10.1. The lowest BCUT2D eigenvalue weighted by Crippen LogP contribution is -2.26. The van der Waals surface area contributed by atoms with E-state index in [9.17, 15) is 18.0 Å². The zero-order valence-corrected chi connectivity index (χ0v) is 15.4. The zero-order chi connectivity index (χ0) is 18.3. The van der Waals surface area contributed by atoms with Crippen LogP contribution in [0.25, 0.3) is 0 Å². The van der Waals surface area contributed by atoms with Crippen molar-refractivity contribution in [3.63, 3.8) is 0 Å². The van der Waals surface area contributed by atoms with E-state index >= 15 is 0 Å². The molecule has 0 fully saturated rings. The molecule has 1 N–H and O–H groups in total. The number of aryl methyl sites for hydroxylation is 1. The number of benzene rings is 1. The van der Waals surface area contributed by atoms with E-state index < -0.39 is 16.0 Å². The van der Waals surface area contributed by atoms with Gasteiger partial charge < -0.3 is 4.74 Å². The summed E-state index contributed by atoms with van der Waals surface area (Å²) in [6.45, 7) is 1.58. The Morgan fingerprint density at radius 1 is 1.16 bits per heavy atom. The monoisotopic (exact) mass is 381 g/mol. The van der Waals surface area contributed by atoms with E-state index in [0.29, 0.717) is 5.56 Å². The normalized spacial score (nSPS) is 11.2. The average molecular weight is 381 g/mol. The quantitative estimate of drug-likeness (QED) is 0.532. The second kappa shape index (κ2) is 8.89. The molecule has 8 heteroatoms. The van der Waals surface area contributed by atoms with Gasteiger partial charge in [0, 0.05) is 12.1 Å². The molecule has 0 atom stereocenters. The first-order chi connectivity index (χ1) is 11.9. The molecule has 0 saturated heterocycles. The highest BCUT2D eigenvalue weighted by atomic mass is 32.2. The lowest BCUT2D eigenvalue weighted by Gasteiger charge is -2.06. The molecule has 1 aromatic carbocycles. The molecule has 25 heavy (non-hydrogen) atoms. The number of ether oxygens (including phenoxy) is 1. The molecule has 2 aromatic rings. The Bertz CT molecular complexity index is 811. The number of nitrogens with one attached hydrogen (secondary N) is 1. The van der Waals surface area contributed by atoms with Crippen LogP contribution >= 0.6 is 11.3 Å². The van der Waals surface area contributed by atoms with Crippen molar-refractivity contribution in [2.45, 2.75) is 24.0 Å². The second-order valence-electron chi connectivity index (χ2n) is 5.21. The van der Waals surface area contributed by atoms with Crippen LogP contribution in [0.15, 0.2) is 46.0 Å². The van der Waals surface area contributed by atoms with Gasteiger partial charge in [-0.2, -0.15) is 0 Å². The zero-order valence-electron chi connectivity index (χ0n) is 13.7. The topological polar surface area (TPSA) is 89.5 Å². The average Bonchev–Trinajstić information content (AvgIpc) is 3.15. The van der Waals surface area contributed by atoms with Crippen LogP contribution in [0.2, 0.25) is 0 Å². The predicted octanol–water partition coefficient (Wildman–Crippen LogP) is 2.41. The minimum atomic E-state index is -3.60. The van der Waals surface area contributed by atoms with Gasteiger partial charge in [-0.05, 0) is 23.4 Å². The number of rotatable bonds is 9. The number of thiophene rings is 1. The third-order valence-corrected chi connectivity index (χ3v) is 6.29. The molecule has 0 radical (unpaired) electrons. The van der Waals surface area contributed by atoms with E-state index in [2.05, 4.69) is 4.72 Å². The summed E-state index contributed by atoms with van der Waals surface area (Å²) in [6, 6.07) is 10.2. The summed E-state index contributed by atoms with van der Waals surface area (Å²) in [4.78, 5) is 23.6. The largest absolute Gasteiger partial charge is 0.457 e. The van der Waals surface area contributed by atoms with Gasteiger partial charge in [0.15, 0.2) is 12.4 Å². The second-order valence-corrected chi connectivity index (χ2v) is 8.16. The van der Waals surface area contributed by atoms with Crippen LogP contribution in [0.1, 0.15) is 29.3 Å². The van der Waals surface area contributed by atoms with Crippen LogP contribution in [0.3, 0.4) is 0 Å². The van der Waals surface area contributed by atoms with Crippen molar-refractivity contribution < 1.29 is 22.7 Å². The SMILES string of the molecule is CCc1ccc(C(=O)COC(=O)CCNS(=O)(=O)c2cccs2)cc1. The summed E-state index contributed by atoms with van der Waals surface area (Å²) in [5.41, 5.74) is 1.59. The third-order valence-electron chi connectivity index (χ3n) is 3.43. The molecule has 0 bridgehead atoms.